The molecule has 0 rings (SSSR count). The molecular weight excluding hydrogens is 326 g/mol. The lowest BCUT2D eigenvalue weighted by Crippen LogP contribution is -2.48. The molecule has 0 aromatic heterocycles. The molecule has 0 saturated carbocycles. The Morgan fingerprint density at radius 2 is 0.962 bits per heavy atom. The molecule has 158 valence electrons. The van der Waals surface area contributed by atoms with Gasteiger partial charge in [0.25, 0.3) is 0 Å². The van der Waals surface area contributed by atoms with Gasteiger partial charge in [-0.2, -0.15) is 10.4 Å². The minimum absolute atomic E-state index is 0.124. The summed E-state index contributed by atoms with van der Waals surface area (Å²) in [6.45, 7) is 6.36. The van der Waals surface area contributed by atoms with Crippen LogP contribution in [0.1, 0.15) is 130 Å². The van der Waals surface area contributed by atoms with Crippen LogP contribution in [0.15, 0.2) is 0 Å². The van der Waals surface area contributed by atoms with Crippen LogP contribution in [0.2, 0.25) is 0 Å². The Bertz CT molecular complexity index is 292. The van der Waals surface area contributed by atoms with E-state index in [9.17, 15) is 15.6 Å². The molecule has 2 atom stereocenters. The molecule has 0 aliphatic rings. The predicted molar refractivity (Wildman–Crippen MR) is 110 cm³/mol. The van der Waals surface area contributed by atoms with Gasteiger partial charge in [0.2, 0.25) is 0 Å². The summed E-state index contributed by atoms with van der Waals surface area (Å²) in [7, 11) is 0. The van der Waals surface area contributed by atoms with Gasteiger partial charge in [0.15, 0.2) is 6.04 Å². The zero-order valence-corrected chi connectivity index (χ0v) is 17.9. The number of rotatable bonds is 19. The fourth-order valence-electron chi connectivity index (χ4n) is 4.10. The second kappa shape index (κ2) is 17.0. The first-order valence-corrected chi connectivity index (χ1v) is 11.5. The summed E-state index contributed by atoms with van der Waals surface area (Å²) in [5, 5.41) is 30.9. The van der Waals surface area contributed by atoms with E-state index in [1.807, 2.05) is 6.92 Å². The van der Waals surface area contributed by atoms with Gasteiger partial charge in [-0.1, -0.05) is 116 Å². The molecule has 0 aromatic carbocycles. The summed E-state index contributed by atoms with van der Waals surface area (Å²) in [6.07, 6.45) is 20.0. The van der Waals surface area contributed by atoms with Crippen molar-refractivity contribution in [1.82, 2.24) is 0 Å². The lowest BCUT2D eigenvalue weighted by Gasteiger charge is -2.37. The largest absolute Gasteiger partial charge is 0.564 e. The number of unbranched alkanes of at least 4 members (excludes halogenated alkanes) is 12. The van der Waals surface area contributed by atoms with E-state index in [-0.39, 0.29) is 5.92 Å². The van der Waals surface area contributed by atoms with Crippen molar-refractivity contribution in [3.05, 3.63) is 5.21 Å². The maximum Gasteiger partial charge on any atom is 0.154 e. The number of hydroxylamine groups is 3. The van der Waals surface area contributed by atoms with Crippen molar-refractivity contribution in [3.8, 4) is 0 Å². The van der Waals surface area contributed by atoms with E-state index < -0.39 is 11.0 Å². The second-order valence-corrected chi connectivity index (χ2v) is 8.14. The molecule has 0 fully saturated rings. The van der Waals surface area contributed by atoms with Crippen molar-refractivity contribution in [2.24, 2.45) is 5.92 Å². The second-order valence-electron chi connectivity index (χ2n) is 8.14. The Kier molecular flexibility index (Phi) is 16.9. The van der Waals surface area contributed by atoms with E-state index in [2.05, 4.69) is 13.8 Å². The molecule has 2 N–H and O–H groups in total. The predicted octanol–water partition coefficient (Wildman–Crippen LogP) is 7.76. The molecular formula is C22H47NO3. The van der Waals surface area contributed by atoms with Crippen LogP contribution in [0.25, 0.3) is 0 Å². The van der Waals surface area contributed by atoms with Crippen LogP contribution in [0, 0.1) is 11.1 Å². The minimum atomic E-state index is -2.10. The number of nitrogens with zero attached hydrogens (tertiary/aromatic N) is 1. The molecule has 0 bridgehead atoms. The molecule has 0 radical (unpaired) electrons. The third-order valence-corrected chi connectivity index (χ3v) is 5.75. The van der Waals surface area contributed by atoms with Crippen LogP contribution >= 0.6 is 0 Å². The monoisotopic (exact) mass is 373 g/mol. The molecule has 2 unspecified atom stereocenters. The number of hydrogen-bond acceptors (Lipinski definition) is 3. The van der Waals surface area contributed by atoms with Gasteiger partial charge in [0.1, 0.15) is 0 Å². The maximum absolute atomic E-state index is 11.7. The first-order chi connectivity index (χ1) is 12.5. The highest BCUT2D eigenvalue weighted by molar-refractivity contribution is 4.70. The topological polar surface area (TPSA) is 63.5 Å². The van der Waals surface area contributed by atoms with E-state index in [4.69, 9.17) is 0 Å². The summed E-state index contributed by atoms with van der Waals surface area (Å²) >= 11 is 0. The molecule has 0 aliphatic heterocycles. The summed E-state index contributed by atoms with van der Waals surface area (Å²) in [5.41, 5.74) is 0. The first-order valence-electron chi connectivity index (χ1n) is 11.5. The average molecular weight is 374 g/mol. The number of hydrogen-bond donors (Lipinski definition) is 2. The SMILES string of the molecule is CCCCCCCCCCC(CCCCCCCC)C(CC)[N+]([O-])(O)O. The smallest absolute Gasteiger partial charge is 0.154 e. The fourth-order valence-corrected chi connectivity index (χ4v) is 4.10. The summed E-state index contributed by atoms with van der Waals surface area (Å²) < 4.78 is 0. The molecule has 0 heterocycles. The van der Waals surface area contributed by atoms with Gasteiger partial charge < -0.3 is 5.21 Å². The average Bonchev–Trinajstić information content (AvgIpc) is 2.59. The van der Waals surface area contributed by atoms with Crippen LogP contribution in [-0.2, 0) is 0 Å². The van der Waals surface area contributed by atoms with Gasteiger partial charge in [-0.25, -0.2) is 0 Å². The van der Waals surface area contributed by atoms with Gasteiger partial charge in [-0.15, -0.1) is 0 Å². The third-order valence-electron chi connectivity index (χ3n) is 5.75. The minimum Gasteiger partial charge on any atom is -0.564 e. The Balaban J connectivity index is 4.16. The van der Waals surface area contributed by atoms with Gasteiger partial charge >= 0.3 is 0 Å². The number of quaternary nitrogens is 1. The lowest BCUT2D eigenvalue weighted by molar-refractivity contribution is -1.23. The highest BCUT2D eigenvalue weighted by Crippen LogP contribution is 2.28. The van der Waals surface area contributed by atoms with Crippen molar-refractivity contribution in [1.29, 1.82) is 0 Å². The van der Waals surface area contributed by atoms with Gasteiger partial charge in [-0.3, -0.25) is 0 Å². The van der Waals surface area contributed by atoms with Crippen LogP contribution in [-0.4, -0.2) is 21.4 Å². The first kappa shape index (κ1) is 25.8. The van der Waals surface area contributed by atoms with E-state index in [0.29, 0.717) is 6.42 Å². The zero-order chi connectivity index (χ0) is 19.7. The van der Waals surface area contributed by atoms with E-state index in [0.717, 1.165) is 25.7 Å². The Morgan fingerprint density at radius 3 is 1.27 bits per heavy atom. The zero-order valence-electron chi connectivity index (χ0n) is 17.9. The van der Waals surface area contributed by atoms with Crippen molar-refractivity contribution in [2.75, 3.05) is 0 Å². The Morgan fingerprint density at radius 1 is 0.615 bits per heavy atom. The summed E-state index contributed by atoms with van der Waals surface area (Å²) in [4.78, 5) is -2.10. The third kappa shape index (κ3) is 14.0. The van der Waals surface area contributed by atoms with E-state index >= 15 is 0 Å². The van der Waals surface area contributed by atoms with E-state index in [1.54, 1.807) is 0 Å². The van der Waals surface area contributed by atoms with Gasteiger partial charge in [-0.05, 0) is 12.8 Å². The van der Waals surface area contributed by atoms with Crippen molar-refractivity contribution < 1.29 is 15.4 Å². The van der Waals surface area contributed by atoms with Crippen LogP contribution in [0.5, 0.6) is 0 Å². The Labute approximate surface area is 163 Å². The van der Waals surface area contributed by atoms with Crippen molar-refractivity contribution in [3.63, 3.8) is 0 Å². The normalized spacial score (nSPS) is 14.5. The molecule has 26 heavy (non-hydrogen) atoms. The van der Waals surface area contributed by atoms with Crippen LogP contribution in [0.3, 0.4) is 0 Å². The maximum atomic E-state index is 11.7. The molecule has 0 saturated heterocycles. The molecule has 0 amide bonds. The quantitative estimate of drug-likeness (QED) is 0.138. The highest BCUT2D eigenvalue weighted by atomic mass is 17.1. The van der Waals surface area contributed by atoms with Gasteiger partial charge in [0.05, 0.1) is 0 Å². The molecule has 0 spiro atoms. The van der Waals surface area contributed by atoms with E-state index in [1.165, 1.54) is 77.0 Å². The molecule has 0 aliphatic carbocycles. The lowest BCUT2D eigenvalue weighted by atomic mass is 9.87. The molecule has 4 heteroatoms. The van der Waals surface area contributed by atoms with Gasteiger partial charge in [0, 0.05) is 12.3 Å². The fraction of sp³-hybridized carbons (Fsp3) is 1.00. The Hall–Kier alpha value is -0.160. The standard InChI is InChI=1S/C22H47NO3/c1-4-7-9-11-13-14-16-18-20-21(22(6-3)23(24,25)26)19-17-15-12-10-8-5-2/h21-22,24-25H,4-20H2,1-3H3. The van der Waals surface area contributed by atoms with Crippen LogP contribution in [0.4, 0.5) is 0 Å². The molecule has 4 nitrogen and oxygen atoms in total. The van der Waals surface area contributed by atoms with Crippen LogP contribution < -0.4 is 0 Å². The highest BCUT2D eigenvalue weighted by Gasteiger charge is 2.33. The molecule has 0 aromatic rings. The summed E-state index contributed by atoms with van der Waals surface area (Å²) in [6, 6.07) is -0.602. The van der Waals surface area contributed by atoms with Crippen molar-refractivity contribution >= 4 is 0 Å². The van der Waals surface area contributed by atoms with Crippen molar-refractivity contribution in [2.45, 2.75) is 136 Å². The summed E-state index contributed by atoms with van der Waals surface area (Å²) in [5.74, 6) is 0.124.